The van der Waals surface area contributed by atoms with Crippen LogP contribution in [0.3, 0.4) is 0 Å². The molecule has 0 bridgehead atoms. The highest BCUT2D eigenvalue weighted by Crippen LogP contribution is 2.28. The lowest BCUT2D eigenvalue weighted by Crippen LogP contribution is -2.29. The summed E-state index contributed by atoms with van der Waals surface area (Å²) in [6.07, 6.45) is 7.30. The van der Waals surface area contributed by atoms with Crippen molar-refractivity contribution >= 4 is 22.6 Å². The van der Waals surface area contributed by atoms with E-state index in [2.05, 4.69) is 28.1 Å². The molecule has 1 aliphatic heterocycles. The fourth-order valence-corrected chi connectivity index (χ4v) is 2.69. The molecule has 17 heavy (non-hydrogen) atoms. The first kappa shape index (κ1) is 12.0. The van der Waals surface area contributed by atoms with Crippen molar-refractivity contribution in [2.45, 2.75) is 19.3 Å². The minimum Gasteiger partial charge on any atom is -0.320 e. The number of thioether (sulfide) groups is 1. The van der Waals surface area contributed by atoms with E-state index in [1.54, 1.807) is 0 Å². The van der Waals surface area contributed by atoms with Crippen LogP contribution >= 0.6 is 11.8 Å². The molecule has 0 fully saturated rings. The standard InChI is InChI=1S/C13H15N3S/c1-17-13(15-10-14)16-9-5-4-7-11-6-2-3-8-12(11)16/h2-3,6,8H,4-5,7,9H2,1H3. The molecule has 0 saturated heterocycles. The Hall–Kier alpha value is -1.47. The van der Waals surface area contributed by atoms with Gasteiger partial charge in [-0.2, -0.15) is 5.26 Å². The number of fused-ring (bicyclic) bond motifs is 1. The molecule has 88 valence electrons. The summed E-state index contributed by atoms with van der Waals surface area (Å²) in [5, 5.41) is 9.53. The van der Waals surface area contributed by atoms with Gasteiger partial charge in [0.25, 0.3) is 0 Å². The molecule has 0 N–H and O–H groups in total. The zero-order valence-electron chi connectivity index (χ0n) is 9.89. The fourth-order valence-electron chi connectivity index (χ4n) is 2.15. The molecule has 1 aromatic carbocycles. The molecule has 0 aromatic heterocycles. The zero-order valence-corrected chi connectivity index (χ0v) is 10.7. The number of rotatable bonds is 0. The van der Waals surface area contributed by atoms with Crippen LogP contribution in [0, 0.1) is 11.5 Å². The molecule has 0 radical (unpaired) electrons. The van der Waals surface area contributed by atoms with Gasteiger partial charge < -0.3 is 4.90 Å². The van der Waals surface area contributed by atoms with Gasteiger partial charge in [-0.05, 0) is 37.1 Å². The fraction of sp³-hybridized carbons (Fsp3) is 0.385. The van der Waals surface area contributed by atoms with Crippen molar-refractivity contribution in [1.82, 2.24) is 0 Å². The number of nitriles is 1. The Morgan fingerprint density at radius 1 is 1.41 bits per heavy atom. The maximum absolute atomic E-state index is 8.74. The Balaban J connectivity index is 2.41. The number of anilines is 1. The largest absolute Gasteiger partial charge is 0.320 e. The highest BCUT2D eigenvalue weighted by Gasteiger charge is 2.18. The maximum atomic E-state index is 8.74. The van der Waals surface area contributed by atoms with Crippen LogP contribution in [0.2, 0.25) is 0 Å². The van der Waals surface area contributed by atoms with Gasteiger partial charge in [-0.15, -0.1) is 4.99 Å². The van der Waals surface area contributed by atoms with E-state index in [0.717, 1.165) is 24.6 Å². The van der Waals surface area contributed by atoms with Gasteiger partial charge in [-0.1, -0.05) is 30.0 Å². The van der Waals surface area contributed by atoms with E-state index in [4.69, 9.17) is 5.26 Å². The zero-order chi connectivity index (χ0) is 12.1. The second-order valence-electron chi connectivity index (χ2n) is 3.94. The number of aryl methyl sites for hydroxylation is 1. The monoisotopic (exact) mass is 245 g/mol. The summed E-state index contributed by atoms with van der Waals surface area (Å²) < 4.78 is 0. The van der Waals surface area contributed by atoms with Crippen molar-refractivity contribution in [3.8, 4) is 6.19 Å². The average molecular weight is 245 g/mol. The lowest BCUT2D eigenvalue weighted by atomic mass is 10.1. The normalized spacial score (nSPS) is 16.0. The molecule has 3 nitrogen and oxygen atoms in total. The first-order valence-electron chi connectivity index (χ1n) is 5.73. The smallest absolute Gasteiger partial charge is 0.208 e. The third kappa shape index (κ3) is 2.62. The topological polar surface area (TPSA) is 39.4 Å². The Labute approximate surface area is 106 Å². The maximum Gasteiger partial charge on any atom is 0.208 e. The van der Waals surface area contributed by atoms with Crippen molar-refractivity contribution in [3.63, 3.8) is 0 Å². The third-order valence-corrected chi connectivity index (χ3v) is 3.60. The summed E-state index contributed by atoms with van der Waals surface area (Å²) in [6, 6.07) is 8.39. The van der Waals surface area contributed by atoms with Crippen LogP contribution in [0.25, 0.3) is 0 Å². The molecule has 0 aliphatic carbocycles. The highest BCUT2D eigenvalue weighted by molar-refractivity contribution is 8.13. The predicted octanol–water partition coefficient (Wildman–Crippen LogP) is 3.03. The summed E-state index contributed by atoms with van der Waals surface area (Å²) >= 11 is 1.53. The van der Waals surface area contributed by atoms with Gasteiger partial charge in [0.05, 0.1) is 0 Å². The van der Waals surface area contributed by atoms with E-state index in [-0.39, 0.29) is 0 Å². The Morgan fingerprint density at radius 2 is 2.24 bits per heavy atom. The van der Waals surface area contributed by atoms with E-state index in [0.29, 0.717) is 0 Å². The predicted molar refractivity (Wildman–Crippen MR) is 73.3 cm³/mol. The van der Waals surface area contributed by atoms with Gasteiger partial charge in [0.1, 0.15) is 0 Å². The SMILES string of the molecule is CSC(=NC#N)N1CCCCc2ccccc21. The Kier molecular flexibility index (Phi) is 4.05. The molecule has 0 atom stereocenters. The van der Waals surface area contributed by atoms with Gasteiger partial charge in [0, 0.05) is 12.2 Å². The number of amidine groups is 1. The van der Waals surface area contributed by atoms with Crippen LogP contribution in [0.5, 0.6) is 0 Å². The Bertz CT molecular complexity index is 462. The molecule has 0 saturated carbocycles. The number of aliphatic imine (C=N–C) groups is 1. The minimum atomic E-state index is 0.793. The molecule has 0 unspecified atom stereocenters. The van der Waals surface area contributed by atoms with Gasteiger partial charge >= 0.3 is 0 Å². The second kappa shape index (κ2) is 5.74. The molecule has 4 heteroatoms. The van der Waals surface area contributed by atoms with Crippen molar-refractivity contribution in [2.24, 2.45) is 4.99 Å². The van der Waals surface area contributed by atoms with Gasteiger partial charge in [-0.25, -0.2) is 0 Å². The van der Waals surface area contributed by atoms with Gasteiger partial charge in [0.2, 0.25) is 6.19 Å². The molecular formula is C13H15N3S. The lowest BCUT2D eigenvalue weighted by molar-refractivity contribution is 0.767. The summed E-state index contributed by atoms with van der Waals surface area (Å²) in [6.45, 7) is 0.943. The second-order valence-corrected chi connectivity index (χ2v) is 4.71. The van der Waals surface area contributed by atoms with Crippen molar-refractivity contribution in [2.75, 3.05) is 17.7 Å². The van der Waals surface area contributed by atoms with Gasteiger partial charge in [-0.3, -0.25) is 0 Å². The van der Waals surface area contributed by atoms with Crippen molar-refractivity contribution in [1.29, 1.82) is 5.26 Å². The Morgan fingerprint density at radius 3 is 3.00 bits per heavy atom. The number of para-hydroxylation sites is 1. The first-order chi connectivity index (χ1) is 8.36. The molecule has 0 spiro atoms. The first-order valence-corrected chi connectivity index (χ1v) is 6.95. The molecule has 2 rings (SSSR count). The highest BCUT2D eigenvalue weighted by atomic mass is 32.2. The van der Waals surface area contributed by atoms with Crippen LogP contribution in [0.15, 0.2) is 29.3 Å². The van der Waals surface area contributed by atoms with E-state index in [1.165, 1.54) is 29.4 Å². The van der Waals surface area contributed by atoms with Crippen LogP contribution < -0.4 is 4.90 Å². The van der Waals surface area contributed by atoms with Crippen molar-refractivity contribution < 1.29 is 0 Å². The number of benzene rings is 1. The van der Waals surface area contributed by atoms with Crippen LogP contribution in [0.1, 0.15) is 18.4 Å². The van der Waals surface area contributed by atoms with Crippen LogP contribution in [-0.2, 0) is 6.42 Å². The summed E-state index contributed by atoms with van der Waals surface area (Å²) in [5.74, 6) is 0. The molecule has 1 aromatic rings. The van der Waals surface area contributed by atoms with Crippen LogP contribution in [-0.4, -0.2) is 18.0 Å². The molecular weight excluding hydrogens is 230 g/mol. The van der Waals surface area contributed by atoms with E-state index < -0.39 is 0 Å². The van der Waals surface area contributed by atoms with Crippen LogP contribution in [0.4, 0.5) is 5.69 Å². The summed E-state index contributed by atoms with van der Waals surface area (Å²) in [4.78, 5) is 6.08. The van der Waals surface area contributed by atoms with E-state index in [1.807, 2.05) is 18.5 Å². The van der Waals surface area contributed by atoms with Crippen molar-refractivity contribution in [3.05, 3.63) is 29.8 Å². The lowest BCUT2D eigenvalue weighted by Gasteiger charge is -2.24. The quantitative estimate of drug-likeness (QED) is 0.400. The van der Waals surface area contributed by atoms with Gasteiger partial charge in [0.15, 0.2) is 5.17 Å². The number of nitrogens with zero attached hydrogens (tertiary/aromatic N) is 3. The summed E-state index contributed by atoms with van der Waals surface area (Å²) in [7, 11) is 0. The number of hydrogen-bond donors (Lipinski definition) is 0. The van der Waals surface area contributed by atoms with E-state index in [9.17, 15) is 0 Å². The molecule has 1 heterocycles. The third-order valence-electron chi connectivity index (χ3n) is 2.92. The minimum absolute atomic E-state index is 0.793. The van der Waals surface area contributed by atoms with E-state index >= 15 is 0 Å². The molecule has 0 amide bonds. The molecule has 1 aliphatic rings. The average Bonchev–Trinajstić information content (AvgIpc) is 2.58. The number of hydrogen-bond acceptors (Lipinski definition) is 3. The summed E-state index contributed by atoms with van der Waals surface area (Å²) in [5.41, 5.74) is 2.55.